The number of benzene rings is 2. The minimum absolute atomic E-state index is 0.136. The molecule has 2 aromatic rings. The zero-order valence-corrected chi connectivity index (χ0v) is 14.4. The lowest BCUT2D eigenvalue weighted by atomic mass is 10.1. The van der Waals surface area contributed by atoms with Gasteiger partial charge in [0.2, 0.25) is 0 Å². The van der Waals surface area contributed by atoms with E-state index >= 15 is 0 Å². The second-order valence-corrected chi connectivity index (χ2v) is 5.89. The fourth-order valence-electron chi connectivity index (χ4n) is 2.21. The van der Waals surface area contributed by atoms with Gasteiger partial charge in [0, 0.05) is 5.56 Å². The van der Waals surface area contributed by atoms with Gasteiger partial charge in [-0.15, -0.1) is 0 Å². The lowest BCUT2D eigenvalue weighted by Crippen LogP contribution is -2.17. The third-order valence-electron chi connectivity index (χ3n) is 3.54. The van der Waals surface area contributed by atoms with Gasteiger partial charge in [0.1, 0.15) is 11.6 Å². The normalized spacial score (nSPS) is 10.6. The number of ether oxygens (including phenoxy) is 1. The van der Waals surface area contributed by atoms with Gasteiger partial charge in [0.05, 0.1) is 5.02 Å². The zero-order valence-electron chi connectivity index (χ0n) is 13.6. The van der Waals surface area contributed by atoms with Gasteiger partial charge in [-0.3, -0.25) is 4.79 Å². The number of carbonyl (C=O) groups is 1. The van der Waals surface area contributed by atoms with E-state index in [9.17, 15) is 9.18 Å². The molecule has 2 aromatic carbocycles. The Balaban J connectivity index is 1.93. The summed E-state index contributed by atoms with van der Waals surface area (Å²) in [6, 6.07) is 11.0. The van der Waals surface area contributed by atoms with Crippen LogP contribution in [-0.4, -0.2) is 25.5 Å². The number of halogens is 2. The van der Waals surface area contributed by atoms with Crippen LogP contribution < -0.4 is 10.1 Å². The highest BCUT2D eigenvalue weighted by molar-refractivity contribution is 6.32. The maximum Gasteiger partial charge on any atom is 0.200 e. The molecule has 0 aliphatic carbocycles. The summed E-state index contributed by atoms with van der Waals surface area (Å²) in [7, 11) is 0. The van der Waals surface area contributed by atoms with E-state index in [-0.39, 0.29) is 18.2 Å². The smallest absolute Gasteiger partial charge is 0.200 e. The Morgan fingerprint density at radius 3 is 2.62 bits per heavy atom. The summed E-state index contributed by atoms with van der Waals surface area (Å²) in [5.74, 6) is -0.110. The average molecular weight is 350 g/mol. The van der Waals surface area contributed by atoms with Crippen molar-refractivity contribution in [3.63, 3.8) is 0 Å². The number of rotatable bonds is 9. The van der Waals surface area contributed by atoms with Crippen molar-refractivity contribution in [3.8, 4) is 5.75 Å². The Kier molecular flexibility index (Phi) is 7.22. The predicted molar refractivity (Wildman–Crippen MR) is 94.5 cm³/mol. The van der Waals surface area contributed by atoms with Gasteiger partial charge < -0.3 is 10.1 Å². The molecule has 24 heavy (non-hydrogen) atoms. The van der Waals surface area contributed by atoms with Crippen molar-refractivity contribution in [1.29, 1.82) is 0 Å². The maximum absolute atomic E-state index is 12.9. The highest BCUT2D eigenvalue weighted by atomic mass is 35.5. The fraction of sp³-hybridized carbons (Fsp3) is 0.316. The van der Waals surface area contributed by atoms with Gasteiger partial charge in [-0.1, -0.05) is 24.6 Å². The lowest BCUT2D eigenvalue weighted by Gasteiger charge is -2.10. The summed E-state index contributed by atoms with van der Waals surface area (Å²) in [5.41, 5.74) is 1.50. The Morgan fingerprint density at radius 2 is 1.92 bits per heavy atom. The zero-order chi connectivity index (χ0) is 17.4. The fourth-order valence-corrected chi connectivity index (χ4v) is 2.38. The van der Waals surface area contributed by atoms with Crippen LogP contribution in [-0.2, 0) is 6.42 Å². The van der Waals surface area contributed by atoms with E-state index in [0.717, 1.165) is 31.5 Å². The molecule has 0 aliphatic heterocycles. The van der Waals surface area contributed by atoms with Gasteiger partial charge in [0.25, 0.3) is 0 Å². The predicted octanol–water partition coefficient (Wildman–Crippen LogP) is 4.28. The molecule has 0 aliphatic rings. The third kappa shape index (κ3) is 5.62. The van der Waals surface area contributed by atoms with E-state index in [0.29, 0.717) is 16.3 Å². The molecular formula is C19H21ClFNO2. The van der Waals surface area contributed by atoms with Crippen LogP contribution in [0.2, 0.25) is 5.02 Å². The Morgan fingerprint density at radius 1 is 1.17 bits per heavy atom. The van der Waals surface area contributed by atoms with Crippen LogP contribution >= 0.6 is 11.6 Å². The summed E-state index contributed by atoms with van der Waals surface area (Å²) in [4.78, 5) is 12.1. The molecule has 2 rings (SSSR count). The second kappa shape index (κ2) is 9.40. The molecule has 0 bridgehead atoms. The molecule has 0 radical (unpaired) electrons. The molecule has 0 unspecified atom stereocenters. The quantitative estimate of drug-likeness (QED) is 0.542. The van der Waals surface area contributed by atoms with Crippen molar-refractivity contribution in [2.24, 2.45) is 0 Å². The van der Waals surface area contributed by atoms with Gasteiger partial charge >= 0.3 is 0 Å². The molecule has 0 amide bonds. The highest BCUT2D eigenvalue weighted by Gasteiger charge is 2.09. The van der Waals surface area contributed by atoms with Crippen molar-refractivity contribution in [2.75, 3.05) is 19.7 Å². The van der Waals surface area contributed by atoms with Crippen molar-refractivity contribution in [3.05, 3.63) is 64.4 Å². The summed E-state index contributed by atoms with van der Waals surface area (Å²) >= 11 is 6.13. The number of hydrogen-bond donors (Lipinski definition) is 1. The van der Waals surface area contributed by atoms with Gasteiger partial charge in [-0.05, 0) is 67.9 Å². The standard InChI is InChI=1S/C19H21ClFNO2/c1-2-10-22-11-9-14-3-8-17(20)19(12-14)24-13-18(23)15-4-6-16(21)7-5-15/h3-8,12,22H,2,9-11,13H2,1H3. The van der Waals surface area contributed by atoms with Gasteiger partial charge in [-0.25, -0.2) is 4.39 Å². The van der Waals surface area contributed by atoms with E-state index < -0.39 is 0 Å². The van der Waals surface area contributed by atoms with E-state index in [1.807, 2.05) is 12.1 Å². The lowest BCUT2D eigenvalue weighted by molar-refractivity contribution is 0.0921. The van der Waals surface area contributed by atoms with Gasteiger partial charge in [0.15, 0.2) is 12.4 Å². The van der Waals surface area contributed by atoms with Crippen LogP contribution in [0.3, 0.4) is 0 Å². The van der Waals surface area contributed by atoms with Crippen LogP contribution in [0.5, 0.6) is 5.75 Å². The molecule has 3 nitrogen and oxygen atoms in total. The number of nitrogens with one attached hydrogen (secondary N) is 1. The first-order valence-electron chi connectivity index (χ1n) is 8.01. The van der Waals surface area contributed by atoms with Crippen LogP contribution in [0, 0.1) is 5.82 Å². The largest absolute Gasteiger partial charge is 0.484 e. The molecule has 0 heterocycles. The molecule has 0 saturated heterocycles. The maximum atomic E-state index is 12.9. The van der Waals surface area contributed by atoms with Crippen LogP contribution in [0.4, 0.5) is 4.39 Å². The SMILES string of the molecule is CCCNCCc1ccc(Cl)c(OCC(=O)c2ccc(F)cc2)c1. The van der Waals surface area contributed by atoms with E-state index in [1.54, 1.807) is 6.07 Å². The monoisotopic (exact) mass is 349 g/mol. The Hall–Kier alpha value is -1.91. The molecule has 5 heteroatoms. The summed E-state index contributed by atoms with van der Waals surface area (Å²) < 4.78 is 18.4. The highest BCUT2D eigenvalue weighted by Crippen LogP contribution is 2.26. The van der Waals surface area contributed by atoms with Crippen LogP contribution in [0.25, 0.3) is 0 Å². The number of carbonyl (C=O) groups excluding carboxylic acids is 1. The van der Waals surface area contributed by atoms with Crippen LogP contribution in [0.15, 0.2) is 42.5 Å². The molecule has 1 N–H and O–H groups in total. The van der Waals surface area contributed by atoms with Gasteiger partial charge in [-0.2, -0.15) is 0 Å². The minimum atomic E-state index is -0.375. The average Bonchev–Trinajstić information content (AvgIpc) is 2.59. The van der Waals surface area contributed by atoms with Crippen molar-refractivity contribution < 1.29 is 13.9 Å². The molecule has 0 fully saturated rings. The number of Topliss-reactive ketones (excluding diaryl/α,β-unsaturated/α-hetero) is 1. The molecular weight excluding hydrogens is 329 g/mol. The summed E-state index contributed by atoms with van der Waals surface area (Å²) in [6.07, 6.45) is 1.96. The van der Waals surface area contributed by atoms with Crippen molar-refractivity contribution in [1.82, 2.24) is 5.32 Å². The molecule has 0 aromatic heterocycles. The molecule has 0 atom stereocenters. The van der Waals surface area contributed by atoms with E-state index in [1.165, 1.54) is 24.3 Å². The first-order valence-corrected chi connectivity index (χ1v) is 8.38. The first-order chi connectivity index (χ1) is 11.6. The van der Waals surface area contributed by atoms with Crippen molar-refractivity contribution >= 4 is 17.4 Å². The van der Waals surface area contributed by atoms with E-state index in [4.69, 9.17) is 16.3 Å². The first kappa shape index (κ1) is 18.4. The van der Waals surface area contributed by atoms with E-state index in [2.05, 4.69) is 12.2 Å². The number of ketones is 1. The molecule has 0 saturated carbocycles. The molecule has 128 valence electrons. The Labute approximate surface area is 146 Å². The topological polar surface area (TPSA) is 38.3 Å². The summed E-state index contributed by atoms with van der Waals surface area (Å²) in [5, 5.41) is 3.80. The molecule has 0 spiro atoms. The summed E-state index contributed by atoms with van der Waals surface area (Å²) in [6.45, 7) is 3.86. The second-order valence-electron chi connectivity index (χ2n) is 5.48. The third-order valence-corrected chi connectivity index (χ3v) is 3.85. The number of hydrogen-bond acceptors (Lipinski definition) is 3. The van der Waals surface area contributed by atoms with Crippen molar-refractivity contribution in [2.45, 2.75) is 19.8 Å². The van der Waals surface area contributed by atoms with Crippen LogP contribution in [0.1, 0.15) is 29.3 Å². The minimum Gasteiger partial charge on any atom is -0.484 e. The Bertz CT molecular complexity index is 674.